The van der Waals surface area contributed by atoms with Crippen molar-refractivity contribution in [3.05, 3.63) is 12.8 Å². The summed E-state index contributed by atoms with van der Waals surface area (Å²) in [6.07, 6.45) is 7.19. The smallest absolute Gasteiger partial charge is 0.101 e. The minimum absolute atomic E-state index is 0.369. The molecule has 1 heteroatoms. The van der Waals surface area contributed by atoms with Gasteiger partial charge in [-0.25, -0.2) is 0 Å². The van der Waals surface area contributed by atoms with Crippen LogP contribution in [0.15, 0.2) is 12.8 Å². The van der Waals surface area contributed by atoms with Crippen molar-refractivity contribution < 1.29 is 4.74 Å². The van der Waals surface area contributed by atoms with E-state index in [0.717, 1.165) is 0 Å². The van der Waals surface area contributed by atoms with E-state index in [0.29, 0.717) is 17.4 Å². The van der Waals surface area contributed by atoms with Gasteiger partial charge in [-0.3, -0.25) is 0 Å². The van der Waals surface area contributed by atoms with Gasteiger partial charge in [0, 0.05) is 5.92 Å². The molecule has 0 aromatic heterocycles. The van der Waals surface area contributed by atoms with Crippen molar-refractivity contribution in [1.29, 1.82) is 0 Å². The molecular weight excluding hydrogens is 160 g/mol. The first-order valence-electron chi connectivity index (χ1n) is 5.32. The molecule has 1 rings (SSSR count). The fraction of sp³-hybridized carbons (Fsp3) is 0.833. The van der Waals surface area contributed by atoms with Crippen molar-refractivity contribution in [2.75, 3.05) is 0 Å². The Balaban J connectivity index is 2.61. The van der Waals surface area contributed by atoms with Crippen LogP contribution in [0.2, 0.25) is 0 Å². The molecule has 2 unspecified atom stereocenters. The first-order valence-corrected chi connectivity index (χ1v) is 5.32. The van der Waals surface area contributed by atoms with Gasteiger partial charge in [-0.1, -0.05) is 33.8 Å². The Morgan fingerprint density at radius 2 is 1.85 bits per heavy atom. The highest BCUT2D eigenvalue weighted by molar-refractivity contribution is 4.85. The maximum atomic E-state index is 5.59. The molecule has 1 saturated carbocycles. The summed E-state index contributed by atoms with van der Waals surface area (Å²) in [7, 11) is 0. The van der Waals surface area contributed by atoms with Crippen LogP contribution in [0, 0.1) is 11.3 Å². The highest BCUT2D eigenvalue weighted by atomic mass is 16.5. The Kier molecular flexibility index (Phi) is 3.40. The van der Waals surface area contributed by atoms with Crippen LogP contribution in [-0.2, 0) is 4.74 Å². The van der Waals surface area contributed by atoms with Gasteiger partial charge in [0.15, 0.2) is 0 Å². The summed E-state index contributed by atoms with van der Waals surface area (Å²) in [6, 6.07) is 0. The molecule has 0 amide bonds. The van der Waals surface area contributed by atoms with Crippen molar-refractivity contribution >= 4 is 0 Å². The lowest BCUT2D eigenvalue weighted by atomic mass is 9.71. The average molecular weight is 182 g/mol. The molecule has 1 nitrogen and oxygen atoms in total. The third-order valence-electron chi connectivity index (χ3n) is 3.09. The van der Waals surface area contributed by atoms with E-state index in [-0.39, 0.29) is 0 Å². The molecule has 0 saturated heterocycles. The van der Waals surface area contributed by atoms with Crippen LogP contribution in [0.3, 0.4) is 0 Å². The molecule has 2 atom stereocenters. The Hall–Kier alpha value is -0.460. The van der Waals surface area contributed by atoms with Gasteiger partial charge in [0.2, 0.25) is 0 Å². The van der Waals surface area contributed by atoms with Crippen molar-refractivity contribution in [3.63, 3.8) is 0 Å². The summed E-state index contributed by atoms with van der Waals surface area (Å²) >= 11 is 0. The number of hydrogen-bond donors (Lipinski definition) is 0. The van der Waals surface area contributed by atoms with Gasteiger partial charge in [0.1, 0.15) is 6.10 Å². The SMILES string of the molecule is C=COC1CCCCC1C(C)(C)C. The van der Waals surface area contributed by atoms with Crippen LogP contribution in [0.5, 0.6) is 0 Å². The quantitative estimate of drug-likeness (QED) is 0.591. The monoisotopic (exact) mass is 182 g/mol. The minimum atomic E-state index is 0.369. The third kappa shape index (κ3) is 2.75. The van der Waals surface area contributed by atoms with E-state index in [1.54, 1.807) is 6.26 Å². The highest BCUT2D eigenvalue weighted by Crippen LogP contribution is 2.39. The molecule has 0 N–H and O–H groups in total. The zero-order valence-corrected chi connectivity index (χ0v) is 9.18. The Morgan fingerprint density at radius 1 is 1.23 bits per heavy atom. The van der Waals surface area contributed by atoms with E-state index in [2.05, 4.69) is 27.4 Å². The van der Waals surface area contributed by atoms with Crippen LogP contribution >= 0.6 is 0 Å². The number of hydrogen-bond acceptors (Lipinski definition) is 1. The van der Waals surface area contributed by atoms with E-state index in [1.807, 2.05) is 0 Å². The van der Waals surface area contributed by atoms with E-state index < -0.39 is 0 Å². The average Bonchev–Trinajstić information content (AvgIpc) is 2.04. The molecule has 0 spiro atoms. The Bertz CT molecular complexity index is 166. The number of rotatable bonds is 2. The zero-order valence-electron chi connectivity index (χ0n) is 9.18. The van der Waals surface area contributed by atoms with Crippen LogP contribution in [0.1, 0.15) is 46.5 Å². The van der Waals surface area contributed by atoms with Gasteiger partial charge in [0.25, 0.3) is 0 Å². The molecule has 13 heavy (non-hydrogen) atoms. The van der Waals surface area contributed by atoms with Gasteiger partial charge < -0.3 is 4.74 Å². The second-order valence-electron chi connectivity index (χ2n) is 5.10. The Labute approximate surface area is 82.2 Å². The molecule has 1 aliphatic rings. The van der Waals surface area contributed by atoms with E-state index in [4.69, 9.17) is 4.74 Å². The minimum Gasteiger partial charge on any atom is -0.498 e. The molecular formula is C12H22O. The maximum absolute atomic E-state index is 5.59. The van der Waals surface area contributed by atoms with Crippen LogP contribution in [-0.4, -0.2) is 6.10 Å². The van der Waals surface area contributed by atoms with Crippen molar-refractivity contribution in [2.24, 2.45) is 11.3 Å². The molecule has 0 heterocycles. The van der Waals surface area contributed by atoms with E-state index in [1.165, 1.54) is 25.7 Å². The second-order valence-corrected chi connectivity index (χ2v) is 5.10. The first-order chi connectivity index (χ1) is 6.05. The largest absolute Gasteiger partial charge is 0.498 e. The summed E-state index contributed by atoms with van der Waals surface area (Å²) in [4.78, 5) is 0. The second kappa shape index (κ2) is 4.17. The van der Waals surface area contributed by atoms with Crippen molar-refractivity contribution in [1.82, 2.24) is 0 Å². The topological polar surface area (TPSA) is 9.23 Å². The zero-order chi connectivity index (χ0) is 9.90. The molecule has 1 fully saturated rings. The summed E-state index contributed by atoms with van der Waals surface area (Å²) in [5, 5.41) is 0. The van der Waals surface area contributed by atoms with Crippen LogP contribution < -0.4 is 0 Å². The summed E-state index contributed by atoms with van der Waals surface area (Å²) in [5.41, 5.74) is 0.369. The van der Waals surface area contributed by atoms with Gasteiger partial charge in [-0.05, 0) is 24.7 Å². The fourth-order valence-corrected chi connectivity index (χ4v) is 2.37. The highest BCUT2D eigenvalue weighted by Gasteiger charge is 2.34. The molecule has 0 bridgehead atoms. The lowest BCUT2D eigenvalue weighted by molar-refractivity contribution is -0.000269. The standard InChI is InChI=1S/C12H22O/c1-5-13-11-9-7-6-8-10(11)12(2,3)4/h5,10-11H,1,6-9H2,2-4H3. The molecule has 0 aromatic carbocycles. The molecule has 1 aliphatic carbocycles. The normalized spacial score (nSPS) is 29.8. The predicted molar refractivity (Wildman–Crippen MR) is 56.5 cm³/mol. The van der Waals surface area contributed by atoms with Gasteiger partial charge in [-0.2, -0.15) is 0 Å². The maximum Gasteiger partial charge on any atom is 0.101 e. The summed E-state index contributed by atoms with van der Waals surface area (Å²) in [6.45, 7) is 10.6. The van der Waals surface area contributed by atoms with Gasteiger partial charge in [0.05, 0.1) is 6.26 Å². The summed E-state index contributed by atoms with van der Waals surface area (Å²) in [5.74, 6) is 0.694. The number of ether oxygens (including phenoxy) is 1. The first kappa shape index (κ1) is 10.6. The predicted octanol–water partition coefficient (Wildman–Crippen LogP) is 3.75. The van der Waals surface area contributed by atoms with E-state index >= 15 is 0 Å². The van der Waals surface area contributed by atoms with Crippen molar-refractivity contribution in [3.8, 4) is 0 Å². The summed E-state index contributed by atoms with van der Waals surface area (Å²) < 4.78 is 5.59. The lowest BCUT2D eigenvalue weighted by Crippen LogP contribution is -2.35. The van der Waals surface area contributed by atoms with E-state index in [9.17, 15) is 0 Å². The Morgan fingerprint density at radius 3 is 2.38 bits per heavy atom. The molecule has 0 radical (unpaired) electrons. The van der Waals surface area contributed by atoms with Crippen LogP contribution in [0.25, 0.3) is 0 Å². The van der Waals surface area contributed by atoms with Gasteiger partial charge in [-0.15, -0.1) is 0 Å². The van der Waals surface area contributed by atoms with Crippen LogP contribution in [0.4, 0.5) is 0 Å². The molecule has 76 valence electrons. The van der Waals surface area contributed by atoms with Gasteiger partial charge >= 0.3 is 0 Å². The third-order valence-corrected chi connectivity index (χ3v) is 3.09. The lowest BCUT2D eigenvalue weighted by Gasteiger charge is -2.39. The molecule has 0 aliphatic heterocycles. The fourth-order valence-electron chi connectivity index (χ4n) is 2.37. The molecule has 0 aromatic rings. The van der Waals surface area contributed by atoms with Crippen molar-refractivity contribution in [2.45, 2.75) is 52.6 Å².